The summed E-state index contributed by atoms with van der Waals surface area (Å²) >= 11 is 0. The van der Waals surface area contributed by atoms with Gasteiger partial charge < -0.3 is 30.0 Å². The van der Waals surface area contributed by atoms with Gasteiger partial charge in [-0.3, -0.25) is 15.0 Å². The zero-order chi connectivity index (χ0) is 30.9. The minimum atomic E-state index is -0.807. The summed E-state index contributed by atoms with van der Waals surface area (Å²) in [6, 6.07) is 16.7. The Labute approximate surface area is 261 Å². The van der Waals surface area contributed by atoms with E-state index in [2.05, 4.69) is 78.0 Å². The van der Waals surface area contributed by atoms with Crippen LogP contribution in [-0.4, -0.2) is 74.6 Å². The minimum absolute atomic E-state index is 0.101. The van der Waals surface area contributed by atoms with Gasteiger partial charge in [0.25, 0.3) is 0 Å². The summed E-state index contributed by atoms with van der Waals surface area (Å²) < 4.78 is 17.4. The van der Waals surface area contributed by atoms with Gasteiger partial charge in [-0.15, -0.1) is 0 Å². The molecular formula is C35H48N4O5. The number of carboxylic acids is 1. The van der Waals surface area contributed by atoms with E-state index in [9.17, 15) is 9.90 Å². The van der Waals surface area contributed by atoms with Gasteiger partial charge in [0, 0.05) is 36.1 Å². The lowest BCUT2D eigenvalue weighted by molar-refractivity contribution is -0.142. The molecule has 5 rings (SSSR count). The molecule has 238 valence electrons. The smallest absolute Gasteiger partial charge is 0.321 e. The van der Waals surface area contributed by atoms with Crippen molar-refractivity contribution in [1.29, 1.82) is 0 Å². The third-order valence-electron chi connectivity index (χ3n) is 9.07. The average molecular weight is 605 g/mol. The number of morpholine rings is 1. The van der Waals surface area contributed by atoms with Gasteiger partial charge in [-0.25, -0.2) is 0 Å². The fourth-order valence-corrected chi connectivity index (χ4v) is 6.84. The Morgan fingerprint density at radius 3 is 2.25 bits per heavy atom. The normalized spacial score (nSPS) is 20.0. The third kappa shape index (κ3) is 8.49. The molecule has 1 aliphatic heterocycles. The quantitative estimate of drug-likeness (QED) is 0.138. The fraction of sp³-hybridized carbons (Fsp3) is 0.514. The van der Waals surface area contributed by atoms with E-state index >= 15 is 0 Å². The first-order valence-corrected chi connectivity index (χ1v) is 15.9. The minimum Gasteiger partial charge on any atom is -0.480 e. The highest BCUT2D eigenvalue weighted by atomic mass is 16.5. The van der Waals surface area contributed by atoms with Crippen LogP contribution in [0.4, 0.5) is 11.4 Å². The van der Waals surface area contributed by atoms with Gasteiger partial charge >= 0.3 is 5.97 Å². The predicted octanol–water partition coefficient (Wildman–Crippen LogP) is 5.63. The van der Waals surface area contributed by atoms with Crippen molar-refractivity contribution in [3.8, 4) is 0 Å². The summed E-state index contributed by atoms with van der Waals surface area (Å²) in [5.74, 6) is -0.706. The molecule has 1 aliphatic carbocycles. The zero-order valence-electron chi connectivity index (χ0n) is 26.4. The van der Waals surface area contributed by atoms with E-state index in [-0.39, 0.29) is 12.6 Å². The molecule has 2 fully saturated rings. The topological polar surface area (TPSA) is 104 Å². The Hall–Kier alpha value is -3.21. The van der Waals surface area contributed by atoms with Crippen LogP contribution in [0.2, 0.25) is 0 Å². The molecule has 0 spiro atoms. The number of benzene rings is 3. The number of hydrogen-bond acceptors (Lipinski definition) is 8. The SMILES string of the molecule is Cc1cc(C)c(NCOCNc2cc3ccccc3cc2COCNC(C(=O)O)C2CCC(N3CCOCC3)CC2)c(C)c1. The Bertz CT molecular complexity index is 1360. The molecule has 1 atom stereocenters. The predicted molar refractivity (Wildman–Crippen MR) is 175 cm³/mol. The van der Waals surface area contributed by atoms with Crippen molar-refractivity contribution >= 4 is 28.1 Å². The van der Waals surface area contributed by atoms with Crippen molar-refractivity contribution in [3.63, 3.8) is 0 Å². The molecular weight excluding hydrogens is 556 g/mol. The molecule has 1 unspecified atom stereocenters. The molecule has 0 bridgehead atoms. The Balaban J connectivity index is 1.12. The highest BCUT2D eigenvalue weighted by Crippen LogP contribution is 2.31. The largest absolute Gasteiger partial charge is 0.480 e. The molecule has 1 saturated heterocycles. The number of anilines is 2. The van der Waals surface area contributed by atoms with Gasteiger partial charge in [0.15, 0.2) is 0 Å². The second kappa shape index (κ2) is 15.7. The summed E-state index contributed by atoms with van der Waals surface area (Å²) in [6.07, 6.45) is 3.88. The van der Waals surface area contributed by atoms with Gasteiger partial charge in [0.05, 0.1) is 26.6 Å². The number of rotatable bonds is 14. The maximum absolute atomic E-state index is 12.2. The molecule has 9 nitrogen and oxygen atoms in total. The Morgan fingerprint density at radius 2 is 1.57 bits per heavy atom. The zero-order valence-corrected chi connectivity index (χ0v) is 26.4. The van der Waals surface area contributed by atoms with Crippen molar-refractivity contribution < 1.29 is 24.1 Å². The molecule has 0 amide bonds. The molecule has 3 aromatic carbocycles. The van der Waals surface area contributed by atoms with E-state index in [0.29, 0.717) is 26.1 Å². The van der Waals surface area contributed by atoms with Crippen LogP contribution < -0.4 is 16.0 Å². The van der Waals surface area contributed by atoms with Crippen LogP contribution >= 0.6 is 0 Å². The van der Waals surface area contributed by atoms with Crippen LogP contribution in [0.5, 0.6) is 0 Å². The first-order chi connectivity index (χ1) is 21.4. The second-order valence-electron chi connectivity index (χ2n) is 12.2. The Morgan fingerprint density at radius 1 is 0.909 bits per heavy atom. The molecule has 44 heavy (non-hydrogen) atoms. The van der Waals surface area contributed by atoms with Crippen LogP contribution in [0.3, 0.4) is 0 Å². The lowest BCUT2D eigenvalue weighted by Gasteiger charge is -2.40. The molecule has 1 saturated carbocycles. The van der Waals surface area contributed by atoms with Crippen molar-refractivity contribution in [2.45, 2.75) is 65.1 Å². The number of nitrogens with zero attached hydrogens (tertiary/aromatic N) is 1. The lowest BCUT2D eigenvalue weighted by Crippen LogP contribution is -2.49. The summed E-state index contributed by atoms with van der Waals surface area (Å²) in [7, 11) is 0. The average Bonchev–Trinajstić information content (AvgIpc) is 3.02. The van der Waals surface area contributed by atoms with Crippen LogP contribution in [0, 0.1) is 26.7 Å². The van der Waals surface area contributed by atoms with Crippen LogP contribution in [-0.2, 0) is 25.6 Å². The molecule has 4 N–H and O–H groups in total. The highest BCUT2D eigenvalue weighted by Gasteiger charge is 2.34. The highest BCUT2D eigenvalue weighted by molar-refractivity contribution is 5.87. The van der Waals surface area contributed by atoms with Gasteiger partial charge in [-0.2, -0.15) is 0 Å². The molecule has 0 radical (unpaired) electrons. The summed E-state index contributed by atoms with van der Waals surface area (Å²) in [5, 5.41) is 22.2. The number of aryl methyl sites for hydroxylation is 3. The van der Waals surface area contributed by atoms with Crippen molar-refractivity contribution in [2.24, 2.45) is 5.92 Å². The number of carboxylic acid groups (broad SMARTS) is 1. The van der Waals surface area contributed by atoms with Crippen LogP contribution in [0.25, 0.3) is 10.8 Å². The van der Waals surface area contributed by atoms with Crippen molar-refractivity contribution in [3.05, 3.63) is 70.8 Å². The first kappa shape index (κ1) is 32.2. The second-order valence-corrected chi connectivity index (χ2v) is 12.2. The molecule has 1 heterocycles. The van der Waals surface area contributed by atoms with E-state index in [1.54, 1.807) is 0 Å². The van der Waals surface area contributed by atoms with E-state index in [0.717, 1.165) is 79.7 Å². The van der Waals surface area contributed by atoms with Crippen LogP contribution in [0.15, 0.2) is 48.5 Å². The lowest BCUT2D eigenvalue weighted by atomic mass is 9.81. The maximum Gasteiger partial charge on any atom is 0.321 e. The number of carbonyl (C=O) groups is 1. The number of aliphatic carboxylic acids is 1. The molecule has 9 heteroatoms. The van der Waals surface area contributed by atoms with Gasteiger partial charge in [-0.05, 0) is 86.4 Å². The van der Waals surface area contributed by atoms with Crippen LogP contribution in [0.1, 0.15) is 47.9 Å². The molecule has 3 aromatic rings. The summed E-state index contributed by atoms with van der Waals surface area (Å²) in [5.41, 5.74) is 6.68. The summed E-state index contributed by atoms with van der Waals surface area (Å²) in [4.78, 5) is 14.7. The number of hydrogen-bond donors (Lipinski definition) is 4. The number of nitrogens with one attached hydrogen (secondary N) is 3. The fourth-order valence-electron chi connectivity index (χ4n) is 6.84. The summed E-state index contributed by atoms with van der Waals surface area (Å²) in [6.45, 7) is 11.1. The number of ether oxygens (including phenoxy) is 3. The monoisotopic (exact) mass is 604 g/mol. The Kier molecular flexibility index (Phi) is 11.5. The van der Waals surface area contributed by atoms with Crippen molar-refractivity contribution in [2.75, 3.05) is 57.1 Å². The van der Waals surface area contributed by atoms with E-state index in [1.807, 2.05) is 12.1 Å². The molecule has 2 aliphatic rings. The van der Waals surface area contributed by atoms with Gasteiger partial charge in [-0.1, -0.05) is 42.0 Å². The standard InChI is InChI=1S/C35H48N4O5/c1-24-16-25(2)33(26(3)17-24)37-23-44-21-36-32-19-29-7-5-4-6-28(29)18-30(32)20-43-22-38-34(35(40)41)27-8-10-31(11-9-27)39-12-14-42-15-13-39/h4-7,16-19,27,31,34,36-38H,8-15,20-23H2,1-3H3,(H,40,41). The molecule has 0 aromatic heterocycles. The van der Waals surface area contributed by atoms with Gasteiger partial charge in [0.2, 0.25) is 0 Å². The third-order valence-corrected chi connectivity index (χ3v) is 9.07. The van der Waals surface area contributed by atoms with E-state index < -0.39 is 12.0 Å². The maximum atomic E-state index is 12.2. The first-order valence-electron chi connectivity index (χ1n) is 15.9. The van der Waals surface area contributed by atoms with E-state index in [1.165, 1.54) is 16.7 Å². The van der Waals surface area contributed by atoms with Gasteiger partial charge in [0.1, 0.15) is 19.5 Å². The van der Waals surface area contributed by atoms with Crippen molar-refractivity contribution in [1.82, 2.24) is 10.2 Å². The number of fused-ring (bicyclic) bond motifs is 1. The van der Waals surface area contributed by atoms with E-state index in [4.69, 9.17) is 14.2 Å².